The average molecular weight is 547 g/mol. The fourth-order valence-corrected chi connectivity index (χ4v) is 5.92. The fourth-order valence-electron chi connectivity index (χ4n) is 5.20. The Kier molecular flexibility index (Phi) is 4.96. The molecule has 1 aromatic heterocycles. The Balaban J connectivity index is 1.69. The lowest BCUT2D eigenvalue weighted by Crippen LogP contribution is -2.15. The minimum Gasteiger partial charge on any atom is -0.497 e. The molecule has 2 nitrogen and oxygen atoms in total. The lowest BCUT2D eigenvalue weighted by atomic mass is 9.78. The van der Waals surface area contributed by atoms with Crippen molar-refractivity contribution in [1.82, 2.24) is 4.98 Å². The maximum absolute atomic E-state index is 5.43. The van der Waals surface area contributed by atoms with Crippen LogP contribution in [0.2, 0.25) is 0 Å². The normalized spacial score (nSPS) is 13.6. The van der Waals surface area contributed by atoms with Crippen LogP contribution in [0.25, 0.3) is 33.6 Å². The van der Waals surface area contributed by atoms with Crippen LogP contribution in [0.5, 0.6) is 5.75 Å². The zero-order valence-corrected chi connectivity index (χ0v) is 20.9. The maximum atomic E-state index is 5.43. The summed E-state index contributed by atoms with van der Waals surface area (Å²) >= 11 is 7.37. The van der Waals surface area contributed by atoms with E-state index < -0.39 is 0 Å². The molecule has 0 bridgehead atoms. The molecule has 32 heavy (non-hydrogen) atoms. The molecule has 0 atom stereocenters. The summed E-state index contributed by atoms with van der Waals surface area (Å²) in [6, 6.07) is 21.7. The van der Waals surface area contributed by atoms with Crippen LogP contribution in [0.4, 0.5) is 0 Å². The number of pyridine rings is 1. The van der Waals surface area contributed by atoms with Gasteiger partial charge in [0.05, 0.1) is 18.5 Å². The zero-order chi connectivity index (χ0) is 21.8. The van der Waals surface area contributed by atoms with Crippen LogP contribution < -0.4 is 4.74 Å². The first-order chi connectivity index (χ1) is 15.6. The quantitative estimate of drug-likeness (QED) is 0.256. The van der Waals surface area contributed by atoms with Crippen molar-refractivity contribution in [1.29, 1.82) is 0 Å². The molecule has 6 rings (SSSR count). The first-order valence-electron chi connectivity index (χ1n) is 10.9. The van der Waals surface area contributed by atoms with Crippen molar-refractivity contribution in [2.24, 2.45) is 0 Å². The third-order valence-electron chi connectivity index (χ3n) is 6.72. The van der Waals surface area contributed by atoms with Crippen LogP contribution >= 0.6 is 31.9 Å². The number of methoxy groups -OCH3 is 1. The van der Waals surface area contributed by atoms with E-state index in [-0.39, 0.29) is 0 Å². The standard InChI is InChI=1S/C28H21Br2NO/c1-32-21-10-4-18(5-11-21)26-22-12-6-16-2-8-19(29)14-24(16)27(22)31-28-23(26)13-7-17-3-9-20(30)15-25(17)28/h2-5,8-11,14-15H,6-7,12-13H2,1H3. The molecule has 0 N–H and O–H groups in total. The zero-order valence-electron chi connectivity index (χ0n) is 17.7. The van der Waals surface area contributed by atoms with Gasteiger partial charge in [-0.2, -0.15) is 0 Å². The summed E-state index contributed by atoms with van der Waals surface area (Å²) in [6.07, 6.45) is 4.11. The number of hydrogen-bond donors (Lipinski definition) is 0. The van der Waals surface area contributed by atoms with Gasteiger partial charge in [-0.1, -0.05) is 56.1 Å². The number of fused-ring (bicyclic) bond motifs is 6. The minimum atomic E-state index is 0.883. The van der Waals surface area contributed by atoms with E-state index in [0.717, 1.165) is 51.8 Å². The summed E-state index contributed by atoms with van der Waals surface area (Å²) in [6.45, 7) is 0. The number of hydrogen-bond acceptors (Lipinski definition) is 2. The Morgan fingerprint density at radius 2 is 1.22 bits per heavy atom. The molecule has 0 saturated carbocycles. The maximum Gasteiger partial charge on any atom is 0.118 e. The molecule has 0 fully saturated rings. The number of ether oxygens (including phenoxy) is 1. The largest absolute Gasteiger partial charge is 0.497 e. The highest BCUT2D eigenvalue weighted by atomic mass is 79.9. The molecule has 3 aromatic carbocycles. The van der Waals surface area contributed by atoms with Gasteiger partial charge in [-0.05, 0) is 95.5 Å². The predicted octanol–water partition coefficient (Wildman–Crippen LogP) is 7.81. The van der Waals surface area contributed by atoms with Gasteiger partial charge in [0.2, 0.25) is 0 Å². The molecule has 0 aliphatic heterocycles. The molecule has 2 aliphatic carbocycles. The average Bonchev–Trinajstić information content (AvgIpc) is 2.82. The van der Waals surface area contributed by atoms with Gasteiger partial charge >= 0.3 is 0 Å². The molecule has 0 amide bonds. The monoisotopic (exact) mass is 545 g/mol. The SMILES string of the molecule is COc1ccc(-c2c3c(nc4c2CCc2ccc(Br)cc2-4)-c2cc(Br)ccc2CC3)cc1. The van der Waals surface area contributed by atoms with Crippen molar-refractivity contribution in [3.63, 3.8) is 0 Å². The second-order valence-electron chi connectivity index (χ2n) is 8.47. The van der Waals surface area contributed by atoms with Crippen LogP contribution in [0.15, 0.2) is 69.6 Å². The smallest absolute Gasteiger partial charge is 0.118 e. The summed E-state index contributed by atoms with van der Waals surface area (Å²) in [5.74, 6) is 0.883. The molecule has 4 heteroatoms. The van der Waals surface area contributed by atoms with Gasteiger partial charge in [0.15, 0.2) is 0 Å². The van der Waals surface area contributed by atoms with Gasteiger partial charge in [0.25, 0.3) is 0 Å². The Hall–Kier alpha value is -2.43. The molecule has 4 aromatic rings. The third-order valence-corrected chi connectivity index (χ3v) is 7.71. The molecule has 0 unspecified atom stereocenters. The summed E-state index contributed by atoms with van der Waals surface area (Å²) in [4.78, 5) is 5.37. The topological polar surface area (TPSA) is 22.1 Å². The Morgan fingerprint density at radius 1 is 0.688 bits per heavy atom. The van der Waals surface area contributed by atoms with Crippen LogP contribution in [0.1, 0.15) is 22.3 Å². The molecule has 0 radical (unpaired) electrons. The summed E-state index contributed by atoms with van der Waals surface area (Å²) in [5, 5.41) is 0. The second kappa shape index (κ2) is 7.86. The van der Waals surface area contributed by atoms with Crippen molar-refractivity contribution in [2.45, 2.75) is 25.7 Å². The highest BCUT2D eigenvalue weighted by molar-refractivity contribution is 9.10. The van der Waals surface area contributed by atoms with E-state index >= 15 is 0 Å². The van der Waals surface area contributed by atoms with Gasteiger partial charge in [0, 0.05) is 20.1 Å². The van der Waals surface area contributed by atoms with Crippen molar-refractivity contribution in [3.8, 4) is 39.4 Å². The predicted molar refractivity (Wildman–Crippen MR) is 137 cm³/mol. The van der Waals surface area contributed by atoms with Gasteiger partial charge in [-0.25, -0.2) is 4.98 Å². The number of halogens is 2. The van der Waals surface area contributed by atoms with E-state index in [0.29, 0.717) is 0 Å². The number of nitrogens with zero attached hydrogens (tertiary/aromatic N) is 1. The number of aromatic nitrogens is 1. The van der Waals surface area contributed by atoms with Gasteiger partial charge in [-0.3, -0.25) is 0 Å². The van der Waals surface area contributed by atoms with Gasteiger partial charge < -0.3 is 4.74 Å². The Morgan fingerprint density at radius 3 is 1.72 bits per heavy atom. The summed E-state index contributed by atoms with van der Waals surface area (Å²) in [5.41, 5.74) is 12.9. The summed E-state index contributed by atoms with van der Waals surface area (Å²) in [7, 11) is 1.72. The minimum absolute atomic E-state index is 0.883. The fraction of sp³-hybridized carbons (Fsp3) is 0.179. The lowest BCUT2D eigenvalue weighted by Gasteiger charge is -2.29. The first-order valence-corrected chi connectivity index (χ1v) is 12.5. The summed E-state index contributed by atoms with van der Waals surface area (Å²) < 4.78 is 7.62. The van der Waals surface area contributed by atoms with E-state index in [2.05, 4.69) is 92.5 Å². The van der Waals surface area contributed by atoms with E-state index in [1.807, 2.05) is 0 Å². The highest BCUT2D eigenvalue weighted by Gasteiger charge is 2.29. The Bertz CT molecular complexity index is 1300. The van der Waals surface area contributed by atoms with Crippen molar-refractivity contribution < 1.29 is 4.74 Å². The molecular weight excluding hydrogens is 526 g/mol. The van der Waals surface area contributed by atoms with E-state index in [9.17, 15) is 0 Å². The van der Waals surface area contributed by atoms with Crippen LogP contribution in [-0.4, -0.2) is 12.1 Å². The van der Waals surface area contributed by atoms with E-state index in [4.69, 9.17) is 9.72 Å². The highest BCUT2D eigenvalue weighted by Crippen LogP contribution is 2.46. The van der Waals surface area contributed by atoms with Crippen LogP contribution in [-0.2, 0) is 25.7 Å². The number of benzene rings is 3. The van der Waals surface area contributed by atoms with Crippen LogP contribution in [0, 0.1) is 0 Å². The number of aryl methyl sites for hydroxylation is 2. The molecule has 0 spiro atoms. The van der Waals surface area contributed by atoms with Gasteiger partial charge in [0.1, 0.15) is 5.75 Å². The van der Waals surface area contributed by atoms with E-state index in [1.165, 1.54) is 44.5 Å². The lowest BCUT2D eigenvalue weighted by molar-refractivity contribution is 0.415. The molecule has 2 aliphatic rings. The third kappa shape index (κ3) is 3.23. The van der Waals surface area contributed by atoms with Crippen LogP contribution in [0.3, 0.4) is 0 Å². The number of rotatable bonds is 2. The van der Waals surface area contributed by atoms with Crippen molar-refractivity contribution in [2.75, 3.05) is 7.11 Å². The van der Waals surface area contributed by atoms with E-state index in [1.54, 1.807) is 7.11 Å². The van der Waals surface area contributed by atoms with Crippen molar-refractivity contribution in [3.05, 3.63) is 91.9 Å². The van der Waals surface area contributed by atoms with Gasteiger partial charge in [-0.15, -0.1) is 0 Å². The second-order valence-corrected chi connectivity index (χ2v) is 10.3. The molecule has 1 heterocycles. The molecular formula is C28H21Br2NO. The first kappa shape index (κ1) is 20.2. The molecule has 0 saturated heterocycles. The van der Waals surface area contributed by atoms with Crippen molar-refractivity contribution >= 4 is 31.9 Å². The Labute approximate surface area is 204 Å². The molecule has 158 valence electrons.